The fourth-order valence-electron chi connectivity index (χ4n) is 3.51. The van der Waals surface area contributed by atoms with Gasteiger partial charge in [0.2, 0.25) is 0 Å². The van der Waals surface area contributed by atoms with Crippen LogP contribution in [0.15, 0.2) is 36.5 Å². The van der Waals surface area contributed by atoms with Crippen LogP contribution in [-0.4, -0.2) is 60.0 Å². The topological polar surface area (TPSA) is 98.3 Å². The molecule has 0 radical (unpaired) electrons. The standard InChI is InChI=1S/C24H26F3N5O3S/c1-2-20-13-30-23(36-20)16-9-15(10-18(11-16)35-14-19-12-28-7-8-34-19)22(33)29-6-5-17-3-4-21(32-31-17)24(25,26)27/h3-4,9-11,13,19,28H,2,5-8,12,14H2,1H3,(H,29,33)/t19-/m1/s1. The second-order valence-corrected chi connectivity index (χ2v) is 9.27. The van der Waals surface area contributed by atoms with Crippen LogP contribution in [0, 0.1) is 0 Å². The van der Waals surface area contributed by atoms with Crippen molar-refractivity contribution < 1.29 is 27.4 Å². The van der Waals surface area contributed by atoms with Crippen molar-refractivity contribution in [2.75, 3.05) is 32.8 Å². The molecule has 3 heterocycles. The van der Waals surface area contributed by atoms with E-state index in [0.29, 0.717) is 36.8 Å². The molecule has 0 unspecified atom stereocenters. The summed E-state index contributed by atoms with van der Waals surface area (Å²) in [5.41, 5.74) is 0.440. The molecule has 1 fully saturated rings. The van der Waals surface area contributed by atoms with Crippen LogP contribution in [0.1, 0.15) is 33.5 Å². The number of aromatic nitrogens is 3. The summed E-state index contributed by atoms with van der Waals surface area (Å²) in [6.07, 6.45) is -1.71. The normalized spacial score (nSPS) is 16.1. The molecule has 12 heteroatoms. The van der Waals surface area contributed by atoms with Gasteiger partial charge < -0.3 is 20.1 Å². The number of thiazole rings is 1. The van der Waals surface area contributed by atoms with Gasteiger partial charge in [-0.15, -0.1) is 16.4 Å². The van der Waals surface area contributed by atoms with Gasteiger partial charge >= 0.3 is 6.18 Å². The highest BCUT2D eigenvalue weighted by molar-refractivity contribution is 7.15. The van der Waals surface area contributed by atoms with Gasteiger partial charge in [0.1, 0.15) is 23.5 Å². The zero-order chi connectivity index (χ0) is 25.5. The van der Waals surface area contributed by atoms with Gasteiger partial charge in [-0.25, -0.2) is 4.98 Å². The average molecular weight is 522 g/mol. The van der Waals surface area contributed by atoms with Crippen molar-refractivity contribution in [1.82, 2.24) is 25.8 Å². The largest absolute Gasteiger partial charge is 0.491 e. The molecule has 2 aromatic heterocycles. The molecule has 1 aliphatic rings. The third-order valence-corrected chi connectivity index (χ3v) is 6.63. The van der Waals surface area contributed by atoms with Crippen molar-refractivity contribution in [3.8, 4) is 16.3 Å². The molecule has 1 aromatic carbocycles. The Kier molecular flexibility index (Phi) is 8.49. The molecule has 3 aromatic rings. The highest BCUT2D eigenvalue weighted by Gasteiger charge is 2.32. The first-order valence-electron chi connectivity index (χ1n) is 11.5. The maximum Gasteiger partial charge on any atom is 0.435 e. The minimum atomic E-state index is -4.54. The van der Waals surface area contributed by atoms with Gasteiger partial charge in [-0.1, -0.05) is 6.92 Å². The number of aryl methyl sites for hydroxylation is 1. The van der Waals surface area contributed by atoms with Gasteiger partial charge in [0.25, 0.3) is 5.91 Å². The lowest BCUT2D eigenvalue weighted by Crippen LogP contribution is -2.41. The average Bonchev–Trinajstić information content (AvgIpc) is 3.37. The number of ether oxygens (including phenoxy) is 2. The van der Waals surface area contributed by atoms with Crippen LogP contribution in [-0.2, 0) is 23.8 Å². The van der Waals surface area contributed by atoms with Crippen LogP contribution in [0.5, 0.6) is 5.75 Å². The molecule has 8 nitrogen and oxygen atoms in total. The van der Waals surface area contributed by atoms with Gasteiger partial charge in [0.15, 0.2) is 5.69 Å². The molecule has 0 saturated carbocycles. The monoisotopic (exact) mass is 521 g/mol. The Balaban J connectivity index is 1.44. The third-order valence-electron chi connectivity index (χ3n) is 5.43. The van der Waals surface area contributed by atoms with Crippen LogP contribution in [0.3, 0.4) is 0 Å². The molecule has 36 heavy (non-hydrogen) atoms. The number of hydrogen-bond donors (Lipinski definition) is 2. The number of rotatable bonds is 9. The first kappa shape index (κ1) is 26.0. The predicted molar refractivity (Wildman–Crippen MR) is 128 cm³/mol. The maximum atomic E-state index is 12.9. The van der Waals surface area contributed by atoms with Crippen molar-refractivity contribution >= 4 is 17.2 Å². The van der Waals surface area contributed by atoms with E-state index in [1.54, 1.807) is 23.5 Å². The van der Waals surface area contributed by atoms with Gasteiger partial charge in [-0.3, -0.25) is 4.79 Å². The number of morpholine rings is 1. The summed E-state index contributed by atoms with van der Waals surface area (Å²) >= 11 is 1.55. The number of benzene rings is 1. The Labute approximate surface area is 210 Å². The SMILES string of the molecule is CCc1cnc(-c2cc(OC[C@H]3CNCCO3)cc(C(=O)NCCc3ccc(C(F)(F)F)nn3)c2)s1. The summed E-state index contributed by atoms with van der Waals surface area (Å²) in [7, 11) is 0. The minimum Gasteiger partial charge on any atom is -0.491 e. The highest BCUT2D eigenvalue weighted by atomic mass is 32.1. The molecule has 1 saturated heterocycles. The van der Waals surface area contributed by atoms with Crippen LogP contribution in [0.4, 0.5) is 13.2 Å². The minimum absolute atomic E-state index is 0.0870. The summed E-state index contributed by atoms with van der Waals surface area (Å²) in [5, 5.41) is 13.6. The molecule has 4 rings (SSSR count). The number of nitrogens with one attached hydrogen (secondary N) is 2. The van der Waals surface area contributed by atoms with E-state index in [4.69, 9.17) is 9.47 Å². The predicted octanol–water partition coefficient (Wildman–Crippen LogP) is 3.52. The molecule has 1 atom stereocenters. The Hall–Kier alpha value is -3.09. The van der Waals surface area contributed by atoms with E-state index in [1.165, 1.54) is 6.07 Å². The molecular formula is C24H26F3N5O3S. The van der Waals surface area contributed by atoms with E-state index >= 15 is 0 Å². The van der Waals surface area contributed by atoms with E-state index in [9.17, 15) is 18.0 Å². The number of alkyl halides is 3. The van der Waals surface area contributed by atoms with Gasteiger partial charge in [-0.2, -0.15) is 18.3 Å². The summed E-state index contributed by atoms with van der Waals surface area (Å²) in [6, 6.07) is 7.38. The van der Waals surface area contributed by atoms with Crippen molar-refractivity contribution in [2.45, 2.75) is 32.0 Å². The summed E-state index contributed by atoms with van der Waals surface area (Å²) < 4.78 is 49.6. The smallest absolute Gasteiger partial charge is 0.435 e. The van der Waals surface area contributed by atoms with Crippen molar-refractivity contribution in [3.63, 3.8) is 0 Å². The van der Waals surface area contributed by atoms with Crippen molar-refractivity contribution in [2.24, 2.45) is 0 Å². The number of halogens is 3. The first-order chi connectivity index (χ1) is 17.3. The Morgan fingerprint density at radius 2 is 2.14 bits per heavy atom. The molecule has 1 amide bonds. The molecule has 0 bridgehead atoms. The lowest BCUT2D eigenvalue weighted by molar-refractivity contribution is -0.141. The van der Waals surface area contributed by atoms with E-state index in [-0.39, 0.29) is 25.0 Å². The molecule has 2 N–H and O–H groups in total. The van der Waals surface area contributed by atoms with Crippen molar-refractivity contribution in [1.29, 1.82) is 0 Å². The molecule has 1 aliphatic heterocycles. The summed E-state index contributed by atoms with van der Waals surface area (Å²) in [6.45, 7) is 4.67. The highest BCUT2D eigenvalue weighted by Crippen LogP contribution is 2.30. The van der Waals surface area contributed by atoms with Crippen molar-refractivity contribution in [3.05, 3.63) is 58.4 Å². The van der Waals surface area contributed by atoms with Gasteiger partial charge in [0.05, 0.1) is 12.3 Å². The van der Waals surface area contributed by atoms with Crippen LogP contribution in [0.2, 0.25) is 0 Å². The van der Waals surface area contributed by atoms with E-state index < -0.39 is 11.9 Å². The van der Waals surface area contributed by atoms with E-state index in [2.05, 4.69) is 32.7 Å². The molecule has 0 aliphatic carbocycles. The lowest BCUT2D eigenvalue weighted by atomic mass is 10.1. The Morgan fingerprint density at radius 3 is 2.81 bits per heavy atom. The van der Waals surface area contributed by atoms with E-state index in [1.807, 2.05) is 12.3 Å². The molecule has 0 spiro atoms. The number of carbonyl (C=O) groups is 1. The quantitative estimate of drug-likeness (QED) is 0.445. The number of hydrogen-bond acceptors (Lipinski definition) is 8. The Bertz CT molecular complexity index is 1160. The van der Waals surface area contributed by atoms with Crippen LogP contribution >= 0.6 is 11.3 Å². The number of nitrogens with zero attached hydrogens (tertiary/aromatic N) is 3. The third kappa shape index (κ3) is 6.99. The summed E-state index contributed by atoms with van der Waals surface area (Å²) in [5.74, 6) is 0.179. The second kappa shape index (κ2) is 11.8. The fraction of sp³-hybridized carbons (Fsp3) is 0.417. The molecule has 192 valence electrons. The van der Waals surface area contributed by atoms with Gasteiger partial charge in [0, 0.05) is 48.3 Å². The van der Waals surface area contributed by atoms with Gasteiger partial charge in [-0.05, 0) is 36.8 Å². The maximum absolute atomic E-state index is 12.9. The second-order valence-electron chi connectivity index (χ2n) is 8.15. The van der Waals surface area contributed by atoms with Crippen LogP contribution in [0.25, 0.3) is 10.6 Å². The lowest BCUT2D eigenvalue weighted by Gasteiger charge is -2.23. The first-order valence-corrected chi connectivity index (χ1v) is 12.4. The zero-order valence-electron chi connectivity index (χ0n) is 19.6. The zero-order valence-corrected chi connectivity index (χ0v) is 20.4. The number of carbonyl (C=O) groups excluding carboxylic acids is 1. The molecular weight excluding hydrogens is 495 g/mol. The number of amides is 1. The summed E-state index contributed by atoms with van der Waals surface area (Å²) in [4.78, 5) is 18.5. The van der Waals surface area contributed by atoms with E-state index in [0.717, 1.165) is 34.5 Å². The van der Waals surface area contributed by atoms with Crippen LogP contribution < -0.4 is 15.4 Å². The fourth-order valence-corrected chi connectivity index (χ4v) is 4.35. The Morgan fingerprint density at radius 1 is 1.28 bits per heavy atom.